The molecule has 86 valence electrons. The summed E-state index contributed by atoms with van der Waals surface area (Å²) < 4.78 is 11.2. The maximum absolute atomic E-state index is 5.73. The fraction of sp³-hybridized carbons (Fsp3) is 1.00. The van der Waals surface area contributed by atoms with E-state index in [2.05, 4.69) is 25.3 Å². The summed E-state index contributed by atoms with van der Waals surface area (Å²) in [5.41, 5.74) is 0. The molecule has 0 aliphatic carbocycles. The van der Waals surface area contributed by atoms with Gasteiger partial charge in [0.05, 0.1) is 6.61 Å². The first-order chi connectivity index (χ1) is 6.62. The van der Waals surface area contributed by atoms with Crippen LogP contribution in [0.25, 0.3) is 0 Å². The Bertz CT molecular complexity index is 131. The van der Waals surface area contributed by atoms with Crippen LogP contribution in [0.1, 0.15) is 13.3 Å². The monoisotopic (exact) mass is 219 g/mol. The van der Waals surface area contributed by atoms with E-state index in [4.69, 9.17) is 9.16 Å². The Balaban J connectivity index is 3.26. The van der Waals surface area contributed by atoms with Crippen molar-refractivity contribution in [3.63, 3.8) is 0 Å². The molecule has 0 saturated carbocycles. The quantitative estimate of drug-likeness (QED) is 0.474. The summed E-state index contributed by atoms with van der Waals surface area (Å²) in [5, 5.41) is 3.05. The largest absolute Gasteiger partial charge is 0.418 e. The van der Waals surface area contributed by atoms with Crippen LogP contribution in [0, 0.1) is 0 Å². The van der Waals surface area contributed by atoms with Crippen LogP contribution in [-0.4, -0.2) is 41.7 Å². The Morgan fingerprint density at radius 2 is 1.93 bits per heavy atom. The van der Waals surface area contributed by atoms with Gasteiger partial charge >= 0.3 is 0 Å². The second-order valence-electron chi connectivity index (χ2n) is 4.01. The van der Waals surface area contributed by atoms with Crippen LogP contribution in [0.2, 0.25) is 19.1 Å². The summed E-state index contributed by atoms with van der Waals surface area (Å²) in [6, 6.07) is 1.19. The van der Waals surface area contributed by atoms with Gasteiger partial charge < -0.3 is 14.5 Å². The Hall–Kier alpha value is 0.0969. The minimum atomic E-state index is -1.37. The average molecular weight is 219 g/mol. The van der Waals surface area contributed by atoms with Crippen LogP contribution < -0.4 is 5.32 Å². The third kappa shape index (κ3) is 8.68. The van der Waals surface area contributed by atoms with Crippen molar-refractivity contribution in [1.29, 1.82) is 0 Å². The van der Waals surface area contributed by atoms with Crippen LogP contribution in [0.4, 0.5) is 0 Å². The summed E-state index contributed by atoms with van der Waals surface area (Å²) in [5.74, 6) is 0. The molecule has 0 aliphatic heterocycles. The molecule has 0 bridgehead atoms. The van der Waals surface area contributed by atoms with E-state index in [0.29, 0.717) is 0 Å². The highest BCUT2D eigenvalue weighted by atomic mass is 28.4. The van der Waals surface area contributed by atoms with Gasteiger partial charge in [0.15, 0.2) is 8.32 Å². The maximum atomic E-state index is 5.73. The Labute approximate surface area is 89.3 Å². The molecule has 0 radical (unpaired) electrons. The molecule has 0 aromatic rings. The lowest BCUT2D eigenvalue weighted by molar-refractivity contribution is 0.137. The van der Waals surface area contributed by atoms with Crippen molar-refractivity contribution in [2.75, 3.05) is 33.4 Å². The van der Waals surface area contributed by atoms with Crippen LogP contribution in [-0.2, 0) is 9.16 Å². The summed E-state index contributed by atoms with van der Waals surface area (Å²) >= 11 is 0. The normalized spacial score (nSPS) is 12.0. The highest BCUT2D eigenvalue weighted by Crippen LogP contribution is 2.13. The predicted octanol–water partition coefficient (Wildman–Crippen LogP) is 1.85. The van der Waals surface area contributed by atoms with E-state index >= 15 is 0 Å². The molecule has 0 saturated heterocycles. The van der Waals surface area contributed by atoms with Gasteiger partial charge in [0.25, 0.3) is 0 Å². The van der Waals surface area contributed by atoms with Crippen molar-refractivity contribution < 1.29 is 9.16 Å². The highest BCUT2D eigenvalue weighted by Gasteiger charge is 2.20. The molecule has 0 amide bonds. The van der Waals surface area contributed by atoms with E-state index in [9.17, 15) is 0 Å². The fourth-order valence-corrected chi connectivity index (χ4v) is 3.26. The summed E-state index contributed by atoms with van der Waals surface area (Å²) in [7, 11) is 0.572. The van der Waals surface area contributed by atoms with Gasteiger partial charge in [-0.3, -0.25) is 0 Å². The van der Waals surface area contributed by atoms with Gasteiger partial charge in [0.1, 0.15) is 0 Å². The van der Waals surface area contributed by atoms with Crippen molar-refractivity contribution in [2.24, 2.45) is 0 Å². The first-order valence-electron chi connectivity index (χ1n) is 5.48. The van der Waals surface area contributed by atoms with Gasteiger partial charge in [-0.1, -0.05) is 0 Å². The van der Waals surface area contributed by atoms with Crippen LogP contribution in [0.15, 0.2) is 0 Å². The zero-order chi connectivity index (χ0) is 10.9. The predicted molar refractivity (Wildman–Crippen MR) is 63.3 cm³/mol. The van der Waals surface area contributed by atoms with Crippen molar-refractivity contribution in [3.8, 4) is 0 Å². The molecule has 0 spiro atoms. The standard InChI is InChI=1S/C10H25NO2Si/c1-5-13-14(3,4)10-6-8-12-9-7-11-2/h11H,5-10H2,1-4H3. The lowest BCUT2D eigenvalue weighted by atomic mass is 10.5. The molecule has 0 aliphatic rings. The van der Waals surface area contributed by atoms with Crippen LogP contribution in [0.3, 0.4) is 0 Å². The van der Waals surface area contributed by atoms with Gasteiger partial charge in [-0.05, 0) is 39.5 Å². The third-order valence-corrected chi connectivity index (χ3v) is 4.73. The second kappa shape index (κ2) is 8.41. The molecule has 0 unspecified atom stereocenters. The molecule has 14 heavy (non-hydrogen) atoms. The molecule has 0 atom stereocenters. The van der Waals surface area contributed by atoms with E-state index in [1.54, 1.807) is 0 Å². The summed E-state index contributed by atoms with van der Waals surface area (Å²) in [4.78, 5) is 0. The molecule has 4 heteroatoms. The summed E-state index contributed by atoms with van der Waals surface area (Å²) in [6.07, 6.45) is 1.13. The zero-order valence-electron chi connectivity index (χ0n) is 10.1. The molecule has 0 heterocycles. The minimum absolute atomic E-state index is 0.813. The van der Waals surface area contributed by atoms with Gasteiger partial charge in [-0.2, -0.15) is 0 Å². The third-order valence-electron chi connectivity index (χ3n) is 2.10. The minimum Gasteiger partial charge on any atom is -0.418 e. The number of hydrogen-bond acceptors (Lipinski definition) is 3. The lowest BCUT2D eigenvalue weighted by Crippen LogP contribution is -2.30. The van der Waals surface area contributed by atoms with Crippen molar-refractivity contribution in [1.82, 2.24) is 5.32 Å². The maximum Gasteiger partial charge on any atom is 0.186 e. The van der Waals surface area contributed by atoms with Crippen molar-refractivity contribution >= 4 is 8.32 Å². The van der Waals surface area contributed by atoms with Crippen LogP contribution >= 0.6 is 0 Å². The average Bonchev–Trinajstić information content (AvgIpc) is 2.11. The van der Waals surface area contributed by atoms with E-state index in [-0.39, 0.29) is 0 Å². The molecular weight excluding hydrogens is 194 g/mol. The molecule has 0 rings (SSSR count). The number of likely N-dealkylation sites (N-methyl/N-ethyl adjacent to an activating group) is 1. The molecule has 0 aromatic heterocycles. The van der Waals surface area contributed by atoms with E-state index in [1.165, 1.54) is 6.04 Å². The SMILES string of the molecule is CCO[Si](C)(C)CCCOCCNC. The van der Waals surface area contributed by atoms with Gasteiger partial charge in [-0.15, -0.1) is 0 Å². The highest BCUT2D eigenvalue weighted by molar-refractivity contribution is 6.71. The van der Waals surface area contributed by atoms with Gasteiger partial charge in [-0.25, -0.2) is 0 Å². The van der Waals surface area contributed by atoms with Crippen molar-refractivity contribution in [3.05, 3.63) is 0 Å². The van der Waals surface area contributed by atoms with E-state index in [1.807, 2.05) is 7.05 Å². The van der Waals surface area contributed by atoms with E-state index < -0.39 is 8.32 Å². The first kappa shape index (κ1) is 14.1. The smallest absolute Gasteiger partial charge is 0.186 e. The molecule has 3 nitrogen and oxygen atoms in total. The number of hydrogen-bond donors (Lipinski definition) is 1. The van der Waals surface area contributed by atoms with Crippen molar-refractivity contribution in [2.45, 2.75) is 32.5 Å². The molecule has 0 fully saturated rings. The Morgan fingerprint density at radius 1 is 1.21 bits per heavy atom. The summed E-state index contributed by atoms with van der Waals surface area (Å²) in [6.45, 7) is 10.1. The van der Waals surface area contributed by atoms with Gasteiger partial charge in [0, 0.05) is 19.8 Å². The topological polar surface area (TPSA) is 30.5 Å². The molecule has 1 N–H and O–H groups in total. The number of ether oxygens (including phenoxy) is 1. The number of nitrogens with one attached hydrogen (secondary N) is 1. The molecular formula is C10H25NO2Si. The first-order valence-corrected chi connectivity index (χ1v) is 8.60. The van der Waals surface area contributed by atoms with Crippen LogP contribution in [0.5, 0.6) is 0 Å². The Kier molecular flexibility index (Phi) is 8.47. The lowest BCUT2D eigenvalue weighted by Gasteiger charge is -2.21. The van der Waals surface area contributed by atoms with E-state index in [0.717, 1.165) is 32.8 Å². The fourth-order valence-electron chi connectivity index (χ4n) is 1.34. The Morgan fingerprint density at radius 3 is 2.50 bits per heavy atom. The second-order valence-corrected chi connectivity index (χ2v) is 8.32. The van der Waals surface area contributed by atoms with Gasteiger partial charge in [0.2, 0.25) is 0 Å². The zero-order valence-corrected chi connectivity index (χ0v) is 11.1. The molecule has 0 aromatic carbocycles. The number of rotatable bonds is 9.